The van der Waals surface area contributed by atoms with Crippen molar-refractivity contribution >= 4 is 33.2 Å². The summed E-state index contributed by atoms with van der Waals surface area (Å²) in [6.07, 6.45) is 1.04. The Hall–Kier alpha value is -1.89. The zero-order valence-corrected chi connectivity index (χ0v) is 16.9. The molecule has 2 aromatic rings. The van der Waals surface area contributed by atoms with E-state index in [1.807, 2.05) is 0 Å². The smallest absolute Gasteiger partial charge is 0.257 e. The van der Waals surface area contributed by atoms with Crippen LogP contribution in [-0.4, -0.2) is 31.7 Å². The monoisotopic (exact) mass is 406 g/mol. The quantitative estimate of drug-likeness (QED) is 0.824. The number of hydrogen-bond acceptors (Lipinski definition) is 3. The third kappa shape index (κ3) is 4.51. The minimum Gasteiger partial charge on any atom is -0.322 e. The van der Waals surface area contributed by atoms with E-state index in [-0.39, 0.29) is 10.8 Å². The van der Waals surface area contributed by atoms with Gasteiger partial charge in [-0.05, 0) is 54.7 Å². The number of piperidine rings is 1. The number of benzene rings is 2. The summed E-state index contributed by atoms with van der Waals surface area (Å²) in [6.45, 7) is 5.23. The number of nitrogens with zero attached hydrogens (tertiary/aromatic N) is 1. The van der Waals surface area contributed by atoms with Crippen LogP contribution in [0.5, 0.6) is 0 Å². The van der Waals surface area contributed by atoms with Crippen LogP contribution in [0.25, 0.3) is 0 Å². The second-order valence-electron chi connectivity index (χ2n) is 7.23. The second-order valence-corrected chi connectivity index (χ2v) is 9.57. The first kappa shape index (κ1) is 19.9. The molecule has 0 bridgehead atoms. The molecular formula is C20H23ClN2O3S. The predicted octanol–water partition coefficient (Wildman–Crippen LogP) is 4.26. The third-order valence-corrected chi connectivity index (χ3v) is 6.88. The van der Waals surface area contributed by atoms with Crippen molar-refractivity contribution < 1.29 is 13.2 Å². The van der Waals surface area contributed by atoms with Gasteiger partial charge in [0.05, 0.1) is 15.5 Å². The van der Waals surface area contributed by atoms with Crippen LogP contribution < -0.4 is 5.32 Å². The second kappa shape index (κ2) is 8.00. The first-order chi connectivity index (χ1) is 12.8. The lowest BCUT2D eigenvalue weighted by atomic mass is 9.94. The van der Waals surface area contributed by atoms with Crippen molar-refractivity contribution in [3.63, 3.8) is 0 Å². The molecule has 3 rings (SSSR count). The van der Waals surface area contributed by atoms with Crippen molar-refractivity contribution in [2.45, 2.75) is 25.2 Å². The Morgan fingerprint density at radius 2 is 1.63 bits per heavy atom. The zero-order chi connectivity index (χ0) is 19.6. The van der Waals surface area contributed by atoms with Gasteiger partial charge >= 0.3 is 0 Å². The van der Waals surface area contributed by atoms with Crippen LogP contribution in [0.4, 0.5) is 5.69 Å². The maximum absolute atomic E-state index is 12.9. The Labute approximate surface area is 165 Å². The average Bonchev–Trinajstić information content (AvgIpc) is 2.61. The van der Waals surface area contributed by atoms with Gasteiger partial charge in [-0.2, -0.15) is 4.31 Å². The molecule has 5 nitrogen and oxygen atoms in total. The summed E-state index contributed by atoms with van der Waals surface area (Å²) in [5, 5.41) is 3.10. The van der Waals surface area contributed by atoms with Crippen molar-refractivity contribution in [2.24, 2.45) is 11.8 Å². The highest BCUT2D eigenvalue weighted by Gasteiger charge is 2.31. The molecule has 0 unspecified atom stereocenters. The molecule has 1 fully saturated rings. The van der Waals surface area contributed by atoms with Crippen LogP contribution in [0.1, 0.15) is 30.6 Å². The molecule has 0 radical (unpaired) electrons. The lowest BCUT2D eigenvalue weighted by Gasteiger charge is -2.34. The molecule has 1 heterocycles. The van der Waals surface area contributed by atoms with Crippen molar-refractivity contribution in [1.82, 2.24) is 4.31 Å². The summed E-state index contributed by atoms with van der Waals surface area (Å²) < 4.78 is 27.4. The molecule has 2 atom stereocenters. The number of anilines is 1. The predicted molar refractivity (Wildman–Crippen MR) is 108 cm³/mol. The first-order valence-electron chi connectivity index (χ1n) is 8.93. The number of sulfonamides is 1. The van der Waals surface area contributed by atoms with E-state index in [1.54, 1.807) is 40.7 Å². The number of halogens is 1. The summed E-state index contributed by atoms with van der Waals surface area (Å²) in [5.74, 6) is 0.352. The summed E-state index contributed by atoms with van der Waals surface area (Å²) in [7, 11) is -3.53. The molecule has 144 valence electrons. The van der Waals surface area contributed by atoms with Crippen LogP contribution in [0, 0.1) is 11.8 Å². The number of carbonyl (C=O) groups excluding carboxylic acids is 1. The van der Waals surface area contributed by atoms with Gasteiger partial charge in [0.15, 0.2) is 0 Å². The lowest BCUT2D eigenvalue weighted by Crippen LogP contribution is -2.42. The molecule has 0 aromatic heterocycles. The molecule has 7 heteroatoms. The fraction of sp³-hybridized carbons (Fsp3) is 0.350. The van der Waals surface area contributed by atoms with Crippen molar-refractivity contribution in [1.29, 1.82) is 0 Å². The molecule has 1 aliphatic rings. The SMILES string of the molecule is C[C@@H]1C[C@@H](C)CN(S(=O)(=O)c2ccc(NC(=O)c3ccccc3Cl)cc2)C1. The van der Waals surface area contributed by atoms with Crippen LogP contribution in [-0.2, 0) is 10.0 Å². The van der Waals surface area contributed by atoms with Gasteiger partial charge in [0, 0.05) is 18.8 Å². The average molecular weight is 407 g/mol. The molecule has 27 heavy (non-hydrogen) atoms. The summed E-state index contributed by atoms with van der Waals surface area (Å²) in [6, 6.07) is 13.0. The van der Waals surface area contributed by atoms with Gasteiger partial charge in [-0.1, -0.05) is 37.6 Å². The third-order valence-electron chi connectivity index (χ3n) is 4.70. The maximum atomic E-state index is 12.9. The van der Waals surface area contributed by atoms with E-state index < -0.39 is 10.0 Å². The highest BCUT2D eigenvalue weighted by Crippen LogP contribution is 2.27. The zero-order valence-electron chi connectivity index (χ0n) is 15.4. The number of rotatable bonds is 4. The minimum atomic E-state index is -3.53. The standard InChI is InChI=1S/C20H23ClN2O3S/c1-14-11-15(2)13-23(12-14)27(25,26)17-9-7-16(8-10-17)22-20(24)18-5-3-4-6-19(18)21/h3-10,14-15H,11-13H2,1-2H3,(H,22,24)/t14-,15-/m1/s1. The van der Waals surface area contributed by atoms with E-state index in [0.29, 0.717) is 41.2 Å². The van der Waals surface area contributed by atoms with Gasteiger partial charge in [-0.15, -0.1) is 0 Å². The summed E-state index contributed by atoms with van der Waals surface area (Å²) >= 11 is 6.03. The highest BCUT2D eigenvalue weighted by molar-refractivity contribution is 7.89. The van der Waals surface area contributed by atoms with E-state index in [0.717, 1.165) is 6.42 Å². The first-order valence-corrected chi connectivity index (χ1v) is 10.8. The van der Waals surface area contributed by atoms with E-state index in [9.17, 15) is 13.2 Å². The Balaban J connectivity index is 1.75. The van der Waals surface area contributed by atoms with Crippen molar-refractivity contribution in [2.75, 3.05) is 18.4 Å². The lowest BCUT2D eigenvalue weighted by molar-refractivity contribution is 0.102. The topological polar surface area (TPSA) is 66.5 Å². The van der Waals surface area contributed by atoms with Gasteiger partial charge in [-0.3, -0.25) is 4.79 Å². The highest BCUT2D eigenvalue weighted by atomic mass is 35.5. The normalized spacial score (nSPS) is 21.0. The van der Waals surface area contributed by atoms with Gasteiger partial charge in [-0.25, -0.2) is 8.42 Å². The number of carbonyl (C=O) groups is 1. The molecular weight excluding hydrogens is 384 g/mol. The number of nitrogens with one attached hydrogen (secondary N) is 1. The molecule has 0 saturated carbocycles. The largest absolute Gasteiger partial charge is 0.322 e. The van der Waals surface area contributed by atoms with E-state index in [1.165, 1.54) is 12.1 Å². The summed E-state index contributed by atoms with van der Waals surface area (Å²) in [4.78, 5) is 12.5. The van der Waals surface area contributed by atoms with E-state index >= 15 is 0 Å². The maximum Gasteiger partial charge on any atom is 0.257 e. The Bertz CT molecular complexity index is 918. The molecule has 1 amide bonds. The Morgan fingerprint density at radius 1 is 1.04 bits per heavy atom. The number of hydrogen-bond donors (Lipinski definition) is 1. The fourth-order valence-corrected chi connectivity index (χ4v) is 5.41. The van der Waals surface area contributed by atoms with Crippen molar-refractivity contribution in [3.05, 3.63) is 59.1 Å². The molecule has 2 aromatic carbocycles. The molecule has 0 spiro atoms. The molecule has 1 N–H and O–H groups in total. The minimum absolute atomic E-state index is 0.236. The van der Waals surface area contributed by atoms with Crippen LogP contribution in [0.3, 0.4) is 0 Å². The van der Waals surface area contributed by atoms with E-state index in [4.69, 9.17) is 11.6 Å². The van der Waals surface area contributed by atoms with Crippen molar-refractivity contribution in [3.8, 4) is 0 Å². The molecule has 0 aliphatic carbocycles. The Morgan fingerprint density at radius 3 is 2.22 bits per heavy atom. The fourth-order valence-electron chi connectivity index (χ4n) is 3.51. The Kier molecular flexibility index (Phi) is 5.89. The van der Waals surface area contributed by atoms with Crippen LogP contribution in [0.15, 0.2) is 53.4 Å². The van der Waals surface area contributed by atoms with Crippen LogP contribution in [0.2, 0.25) is 5.02 Å². The summed E-state index contributed by atoms with van der Waals surface area (Å²) in [5.41, 5.74) is 0.881. The molecule has 1 aliphatic heterocycles. The number of amides is 1. The van der Waals surface area contributed by atoms with Gasteiger partial charge in [0.2, 0.25) is 10.0 Å². The van der Waals surface area contributed by atoms with Crippen LogP contribution >= 0.6 is 11.6 Å². The van der Waals surface area contributed by atoms with E-state index in [2.05, 4.69) is 19.2 Å². The van der Waals surface area contributed by atoms with Gasteiger partial charge in [0.25, 0.3) is 5.91 Å². The van der Waals surface area contributed by atoms with Gasteiger partial charge in [0.1, 0.15) is 0 Å². The molecule has 1 saturated heterocycles. The van der Waals surface area contributed by atoms with Gasteiger partial charge < -0.3 is 5.32 Å².